The second kappa shape index (κ2) is 8.20. The Morgan fingerprint density at radius 3 is 2.61 bits per heavy atom. The van der Waals surface area contributed by atoms with Crippen LogP contribution in [0.15, 0.2) is 12.1 Å². The van der Waals surface area contributed by atoms with Gasteiger partial charge in [-0.2, -0.15) is 0 Å². The van der Waals surface area contributed by atoms with Gasteiger partial charge in [-0.1, -0.05) is 37.0 Å². The van der Waals surface area contributed by atoms with Crippen molar-refractivity contribution in [1.82, 2.24) is 0 Å². The third-order valence-corrected chi connectivity index (χ3v) is 4.32. The molecule has 1 aromatic rings. The Bertz CT molecular complexity index is 537. The zero-order valence-electron chi connectivity index (χ0n) is 13.3. The largest absolute Gasteiger partial charge is 0.396 e. The van der Waals surface area contributed by atoms with Gasteiger partial charge in [0, 0.05) is 12.3 Å². The van der Waals surface area contributed by atoms with Crippen LogP contribution in [0.2, 0.25) is 10.0 Å². The number of hydrogen-bond acceptors (Lipinski definition) is 4. The lowest BCUT2D eigenvalue weighted by Crippen LogP contribution is -2.36. The molecule has 23 heavy (non-hydrogen) atoms. The van der Waals surface area contributed by atoms with E-state index < -0.39 is 6.10 Å². The van der Waals surface area contributed by atoms with Crippen molar-refractivity contribution in [3.63, 3.8) is 0 Å². The summed E-state index contributed by atoms with van der Waals surface area (Å²) in [6.45, 7) is 5.04. The zero-order valence-corrected chi connectivity index (χ0v) is 14.8. The van der Waals surface area contributed by atoms with Crippen LogP contribution in [0, 0.1) is 5.92 Å². The average molecular weight is 361 g/mol. The van der Waals surface area contributed by atoms with Gasteiger partial charge in [0.1, 0.15) is 6.10 Å². The van der Waals surface area contributed by atoms with Crippen molar-refractivity contribution >= 4 is 40.5 Å². The Hall–Kier alpha value is -1.01. The molecule has 0 aromatic heterocycles. The molecule has 0 aliphatic carbocycles. The van der Waals surface area contributed by atoms with Gasteiger partial charge in [0.2, 0.25) is 0 Å². The summed E-state index contributed by atoms with van der Waals surface area (Å²) < 4.78 is 11.3. The molecule has 1 aromatic carbocycles. The summed E-state index contributed by atoms with van der Waals surface area (Å²) in [4.78, 5) is 12.5. The lowest BCUT2D eigenvalue weighted by atomic mass is 10.1. The number of nitrogen functional groups attached to an aromatic ring is 1. The Morgan fingerprint density at radius 1 is 1.43 bits per heavy atom. The summed E-state index contributed by atoms with van der Waals surface area (Å²) in [6, 6.07) is 3.14. The first kappa shape index (κ1) is 18.3. The van der Waals surface area contributed by atoms with E-state index in [-0.39, 0.29) is 17.9 Å². The minimum atomic E-state index is -0.575. The minimum absolute atomic E-state index is 0.0242. The number of carbonyl (C=O) groups excluding carboxylic acids is 1. The fraction of sp³-hybridized carbons (Fsp3) is 0.562. The first-order valence-electron chi connectivity index (χ1n) is 7.67. The number of amides is 1. The van der Waals surface area contributed by atoms with Gasteiger partial charge in [0.05, 0.1) is 28.4 Å². The van der Waals surface area contributed by atoms with Gasteiger partial charge in [0.25, 0.3) is 5.91 Å². The molecule has 2 rings (SSSR count). The molecule has 0 bridgehead atoms. The molecule has 1 amide bonds. The topological polar surface area (TPSA) is 73.6 Å². The van der Waals surface area contributed by atoms with E-state index in [4.69, 9.17) is 38.4 Å². The molecule has 1 saturated heterocycles. The van der Waals surface area contributed by atoms with Crippen molar-refractivity contribution in [2.24, 2.45) is 5.92 Å². The molecule has 1 aliphatic heterocycles. The fourth-order valence-electron chi connectivity index (χ4n) is 2.43. The molecular formula is C16H22Cl2N2O3. The minimum Gasteiger partial charge on any atom is -0.396 e. The van der Waals surface area contributed by atoms with E-state index in [0.717, 1.165) is 19.4 Å². The molecule has 1 fully saturated rings. The number of carbonyl (C=O) groups is 1. The van der Waals surface area contributed by atoms with Gasteiger partial charge in [-0.05, 0) is 30.9 Å². The Kier molecular flexibility index (Phi) is 6.53. The molecule has 5 nitrogen and oxygen atoms in total. The van der Waals surface area contributed by atoms with Gasteiger partial charge in [-0.25, -0.2) is 0 Å². The lowest BCUT2D eigenvalue weighted by molar-refractivity contribution is -0.132. The van der Waals surface area contributed by atoms with Crippen molar-refractivity contribution in [1.29, 1.82) is 0 Å². The quantitative estimate of drug-likeness (QED) is 0.757. The summed E-state index contributed by atoms with van der Waals surface area (Å²) in [7, 11) is 0. The average Bonchev–Trinajstić information content (AvgIpc) is 2.97. The zero-order chi connectivity index (χ0) is 17.0. The predicted octanol–water partition coefficient (Wildman–Crippen LogP) is 3.73. The van der Waals surface area contributed by atoms with Gasteiger partial charge in [-0.3, -0.25) is 4.79 Å². The second-order valence-corrected chi connectivity index (χ2v) is 6.79. The van der Waals surface area contributed by atoms with Crippen molar-refractivity contribution in [2.45, 2.75) is 38.9 Å². The maximum atomic E-state index is 12.5. The van der Waals surface area contributed by atoms with Crippen LogP contribution in [-0.2, 0) is 14.3 Å². The van der Waals surface area contributed by atoms with Crippen LogP contribution in [0.3, 0.4) is 0 Å². The number of rotatable bonds is 6. The number of benzene rings is 1. The van der Waals surface area contributed by atoms with Crippen molar-refractivity contribution in [3.05, 3.63) is 22.2 Å². The predicted molar refractivity (Wildman–Crippen MR) is 93.1 cm³/mol. The Morgan fingerprint density at radius 2 is 2.09 bits per heavy atom. The summed E-state index contributed by atoms with van der Waals surface area (Å²) in [5.74, 6) is -0.217. The highest BCUT2D eigenvalue weighted by atomic mass is 35.5. The van der Waals surface area contributed by atoms with E-state index in [2.05, 4.69) is 5.32 Å². The fourth-order valence-corrected chi connectivity index (χ4v) is 2.91. The highest BCUT2D eigenvalue weighted by Crippen LogP contribution is 2.31. The van der Waals surface area contributed by atoms with E-state index in [9.17, 15) is 4.79 Å². The highest BCUT2D eigenvalue weighted by molar-refractivity contribution is 6.39. The summed E-state index contributed by atoms with van der Waals surface area (Å²) in [5, 5.41) is 3.38. The molecule has 0 radical (unpaired) electrons. The van der Waals surface area contributed by atoms with Crippen molar-refractivity contribution in [2.75, 3.05) is 24.3 Å². The molecule has 128 valence electrons. The smallest absolute Gasteiger partial charge is 0.253 e. The lowest BCUT2D eigenvalue weighted by Gasteiger charge is -2.22. The van der Waals surface area contributed by atoms with Crippen LogP contribution in [0.25, 0.3) is 0 Å². The van der Waals surface area contributed by atoms with E-state index in [0.29, 0.717) is 28.0 Å². The SMILES string of the molecule is CC(C)[C@@H](OC[C@@H]1CCCO1)C(=O)Nc1cc(Cl)c(N)c(Cl)c1. The van der Waals surface area contributed by atoms with E-state index in [1.807, 2.05) is 13.8 Å². The van der Waals surface area contributed by atoms with Crippen LogP contribution in [0.5, 0.6) is 0 Å². The van der Waals surface area contributed by atoms with Crippen molar-refractivity contribution in [3.8, 4) is 0 Å². The maximum Gasteiger partial charge on any atom is 0.253 e. The Labute approximate surface area is 146 Å². The molecule has 2 atom stereocenters. The maximum absolute atomic E-state index is 12.5. The van der Waals surface area contributed by atoms with Crippen LogP contribution in [-0.4, -0.2) is 31.3 Å². The first-order chi connectivity index (χ1) is 10.9. The summed E-state index contributed by atoms with van der Waals surface area (Å²) >= 11 is 12.0. The van der Waals surface area contributed by atoms with Crippen LogP contribution in [0.1, 0.15) is 26.7 Å². The molecule has 0 saturated carbocycles. The van der Waals surface area contributed by atoms with Crippen LogP contribution < -0.4 is 11.1 Å². The summed E-state index contributed by atoms with van der Waals surface area (Å²) in [5.41, 5.74) is 6.48. The first-order valence-corrected chi connectivity index (χ1v) is 8.42. The number of halogens is 2. The monoisotopic (exact) mass is 360 g/mol. The molecular weight excluding hydrogens is 339 g/mol. The van der Waals surface area contributed by atoms with Gasteiger partial charge in [0.15, 0.2) is 0 Å². The number of hydrogen-bond donors (Lipinski definition) is 2. The molecule has 7 heteroatoms. The van der Waals surface area contributed by atoms with Crippen LogP contribution in [0.4, 0.5) is 11.4 Å². The second-order valence-electron chi connectivity index (χ2n) is 5.98. The molecule has 0 spiro atoms. The normalized spacial score (nSPS) is 19.1. The molecule has 3 N–H and O–H groups in total. The number of anilines is 2. The number of nitrogens with two attached hydrogens (primary N) is 1. The Balaban J connectivity index is 2.00. The van der Waals surface area contributed by atoms with Gasteiger partial charge < -0.3 is 20.5 Å². The summed E-state index contributed by atoms with van der Waals surface area (Å²) in [6.07, 6.45) is 1.50. The standard InChI is InChI=1S/C16H22Cl2N2O3/c1-9(2)15(23-8-11-4-3-5-22-11)16(21)20-10-6-12(17)14(19)13(18)7-10/h6-7,9,11,15H,3-5,8,19H2,1-2H3,(H,20,21)/t11-,15+/m0/s1. The van der Waals surface area contributed by atoms with Crippen molar-refractivity contribution < 1.29 is 14.3 Å². The number of nitrogens with one attached hydrogen (secondary N) is 1. The third-order valence-electron chi connectivity index (χ3n) is 3.70. The molecule has 1 heterocycles. The van der Waals surface area contributed by atoms with Gasteiger partial charge in [-0.15, -0.1) is 0 Å². The van der Waals surface area contributed by atoms with E-state index >= 15 is 0 Å². The third kappa shape index (κ3) is 4.98. The molecule has 0 unspecified atom stereocenters. The van der Waals surface area contributed by atoms with E-state index in [1.54, 1.807) is 12.1 Å². The molecule has 1 aliphatic rings. The van der Waals surface area contributed by atoms with Crippen LogP contribution >= 0.6 is 23.2 Å². The van der Waals surface area contributed by atoms with E-state index in [1.165, 1.54) is 0 Å². The van der Waals surface area contributed by atoms with Gasteiger partial charge >= 0.3 is 0 Å². The number of ether oxygens (including phenoxy) is 2. The highest BCUT2D eigenvalue weighted by Gasteiger charge is 2.26.